The van der Waals surface area contributed by atoms with E-state index in [4.69, 9.17) is 4.74 Å². The van der Waals surface area contributed by atoms with Gasteiger partial charge in [-0.3, -0.25) is 19.1 Å². The molecule has 250 valence electrons. The number of nitrogens with zero attached hydrogens (tertiary/aromatic N) is 1. The van der Waals surface area contributed by atoms with Gasteiger partial charge in [0.2, 0.25) is 21.8 Å². The number of alkyl carbamates (subject to hydrolysis) is 1. The molecule has 46 heavy (non-hydrogen) atoms. The number of hydrogen-bond acceptors (Lipinski definition) is 8. The monoisotopic (exact) mass is 672 g/mol. The van der Waals surface area contributed by atoms with Crippen LogP contribution in [0.15, 0.2) is 60.0 Å². The Morgan fingerprint density at radius 1 is 1.07 bits per heavy atom. The normalized spacial score (nSPS) is 23.7. The van der Waals surface area contributed by atoms with Gasteiger partial charge in [0.25, 0.3) is 5.91 Å². The standard InChI is InChI=1S/C33H44N4O7S2/c1-9-21-18-33(21,29(40)36-46(8,42)43)35-27(38)24-17-22(45-25-16-12-14-20-13-10-11-15-23(20)25)19-37(24)28(39)26(31(2,3)4)34-30(41)44-32(5,6)7/h9-16,21-22,24,26H,1,17-19H2,2-8H3,(H,34,41)(H,35,38)(H,36,40). The highest BCUT2D eigenvalue weighted by molar-refractivity contribution is 8.00. The van der Waals surface area contributed by atoms with E-state index < -0.39 is 68.4 Å². The molecule has 1 aliphatic heterocycles. The zero-order chi connectivity index (χ0) is 34.2. The molecule has 0 spiro atoms. The molecular weight excluding hydrogens is 629 g/mol. The quantitative estimate of drug-likeness (QED) is 0.339. The third-order valence-corrected chi connectivity index (χ3v) is 9.84. The number of carbonyl (C=O) groups excluding carboxylic acids is 4. The third-order valence-electron chi connectivity index (χ3n) is 7.99. The number of likely N-dealkylation sites (tertiary alicyclic amines) is 1. The van der Waals surface area contributed by atoms with Crippen LogP contribution in [0.25, 0.3) is 10.8 Å². The minimum atomic E-state index is -3.90. The van der Waals surface area contributed by atoms with E-state index in [9.17, 15) is 27.6 Å². The molecule has 2 aromatic rings. The molecule has 0 bridgehead atoms. The lowest BCUT2D eigenvalue weighted by Crippen LogP contribution is -2.60. The molecule has 0 aromatic heterocycles. The Balaban J connectivity index is 1.66. The van der Waals surface area contributed by atoms with E-state index in [0.717, 1.165) is 21.9 Å². The molecule has 3 N–H and O–H groups in total. The van der Waals surface area contributed by atoms with Crippen LogP contribution in [0.3, 0.4) is 0 Å². The zero-order valence-corrected chi connectivity index (χ0v) is 29.0. The molecule has 2 fully saturated rings. The molecule has 1 heterocycles. The molecule has 13 heteroatoms. The molecule has 5 unspecified atom stereocenters. The van der Waals surface area contributed by atoms with Crippen molar-refractivity contribution in [2.75, 3.05) is 12.8 Å². The van der Waals surface area contributed by atoms with E-state index in [1.54, 1.807) is 32.5 Å². The number of fused-ring (bicyclic) bond motifs is 1. The number of carbonyl (C=O) groups is 4. The van der Waals surface area contributed by atoms with Gasteiger partial charge in [-0.05, 0) is 55.9 Å². The summed E-state index contributed by atoms with van der Waals surface area (Å²) >= 11 is 1.56. The van der Waals surface area contributed by atoms with Crippen LogP contribution in [-0.4, -0.2) is 78.4 Å². The van der Waals surface area contributed by atoms with Crippen molar-refractivity contribution in [1.29, 1.82) is 0 Å². The van der Waals surface area contributed by atoms with Crippen molar-refractivity contribution in [3.63, 3.8) is 0 Å². The Hall–Kier alpha value is -3.58. The topological polar surface area (TPSA) is 151 Å². The Morgan fingerprint density at radius 3 is 2.30 bits per heavy atom. The SMILES string of the molecule is C=CC1CC1(NC(=O)C1CC(Sc2cccc3ccccc23)CN1C(=O)C(NC(=O)OC(C)(C)C)C(C)(C)C)C(=O)NS(C)(=O)=O. The minimum absolute atomic E-state index is 0.170. The first-order chi connectivity index (χ1) is 21.2. The second-order valence-electron chi connectivity index (χ2n) is 14.1. The van der Waals surface area contributed by atoms with Crippen LogP contribution in [-0.2, 0) is 29.1 Å². The van der Waals surface area contributed by atoms with Crippen LogP contribution in [0.2, 0.25) is 0 Å². The van der Waals surface area contributed by atoms with Crippen molar-refractivity contribution in [2.24, 2.45) is 11.3 Å². The van der Waals surface area contributed by atoms with Gasteiger partial charge in [-0.15, -0.1) is 18.3 Å². The molecule has 1 aliphatic carbocycles. The Morgan fingerprint density at radius 2 is 1.72 bits per heavy atom. The number of thioether (sulfide) groups is 1. The number of sulfonamides is 1. The third kappa shape index (κ3) is 8.22. The highest BCUT2D eigenvalue weighted by Crippen LogP contribution is 2.45. The highest BCUT2D eigenvalue weighted by Gasteiger charge is 2.61. The number of nitrogens with one attached hydrogen (secondary N) is 3. The predicted octanol–water partition coefficient (Wildman–Crippen LogP) is 3.98. The summed E-state index contributed by atoms with van der Waals surface area (Å²) in [5, 5.41) is 7.40. The maximum Gasteiger partial charge on any atom is 0.408 e. The van der Waals surface area contributed by atoms with Gasteiger partial charge in [-0.1, -0.05) is 63.2 Å². The molecule has 1 saturated carbocycles. The lowest BCUT2D eigenvalue weighted by atomic mass is 9.85. The van der Waals surface area contributed by atoms with Crippen LogP contribution in [0.5, 0.6) is 0 Å². The predicted molar refractivity (Wildman–Crippen MR) is 178 cm³/mol. The minimum Gasteiger partial charge on any atom is -0.444 e. The van der Waals surface area contributed by atoms with E-state index in [0.29, 0.717) is 0 Å². The highest BCUT2D eigenvalue weighted by atomic mass is 32.2. The van der Waals surface area contributed by atoms with E-state index >= 15 is 0 Å². The average molecular weight is 673 g/mol. The van der Waals surface area contributed by atoms with Crippen molar-refractivity contribution in [3.05, 3.63) is 55.1 Å². The van der Waals surface area contributed by atoms with Crippen LogP contribution in [0.4, 0.5) is 4.79 Å². The summed E-state index contributed by atoms with van der Waals surface area (Å²) in [5.74, 6) is -2.40. The van der Waals surface area contributed by atoms with Crippen molar-refractivity contribution in [2.45, 2.75) is 87.8 Å². The largest absolute Gasteiger partial charge is 0.444 e. The molecule has 11 nitrogen and oxygen atoms in total. The maximum atomic E-state index is 14.3. The molecule has 2 aliphatic rings. The molecule has 0 radical (unpaired) electrons. The average Bonchev–Trinajstić information content (AvgIpc) is 3.48. The first-order valence-corrected chi connectivity index (χ1v) is 17.9. The van der Waals surface area contributed by atoms with E-state index in [1.807, 2.05) is 68.0 Å². The lowest BCUT2D eigenvalue weighted by Gasteiger charge is -2.36. The van der Waals surface area contributed by atoms with Gasteiger partial charge >= 0.3 is 6.09 Å². The van der Waals surface area contributed by atoms with Gasteiger partial charge in [-0.2, -0.15) is 0 Å². The van der Waals surface area contributed by atoms with Gasteiger partial charge in [0, 0.05) is 22.6 Å². The summed E-state index contributed by atoms with van der Waals surface area (Å²) in [6, 6.07) is 11.9. The fraction of sp³-hybridized carbons (Fsp3) is 0.515. The van der Waals surface area contributed by atoms with Crippen LogP contribution in [0, 0.1) is 11.3 Å². The molecule has 4 amide bonds. The van der Waals surface area contributed by atoms with Gasteiger partial charge < -0.3 is 20.3 Å². The number of rotatable bonds is 9. The number of hydrogen-bond donors (Lipinski definition) is 3. The fourth-order valence-electron chi connectivity index (χ4n) is 5.69. The Kier molecular flexibility index (Phi) is 9.90. The van der Waals surface area contributed by atoms with Crippen LogP contribution in [0.1, 0.15) is 54.4 Å². The summed E-state index contributed by atoms with van der Waals surface area (Å²) in [4.78, 5) is 56.8. The van der Waals surface area contributed by atoms with Crippen molar-refractivity contribution >= 4 is 56.4 Å². The summed E-state index contributed by atoms with van der Waals surface area (Å²) in [7, 11) is -3.90. The molecule has 1 saturated heterocycles. The second kappa shape index (κ2) is 12.9. The maximum absolute atomic E-state index is 14.3. The molecule has 5 atom stereocenters. The van der Waals surface area contributed by atoms with Gasteiger partial charge in [0.1, 0.15) is 23.2 Å². The summed E-state index contributed by atoms with van der Waals surface area (Å²) in [5.41, 5.74) is -3.05. The number of ether oxygens (including phenoxy) is 1. The lowest BCUT2D eigenvalue weighted by molar-refractivity contribution is -0.142. The zero-order valence-electron chi connectivity index (χ0n) is 27.4. The van der Waals surface area contributed by atoms with Crippen molar-refractivity contribution in [3.8, 4) is 0 Å². The van der Waals surface area contributed by atoms with Crippen molar-refractivity contribution < 1.29 is 32.3 Å². The number of amides is 4. The molecule has 4 rings (SSSR count). The summed E-state index contributed by atoms with van der Waals surface area (Å²) in [6.45, 7) is 14.5. The van der Waals surface area contributed by atoms with Crippen LogP contribution >= 0.6 is 11.8 Å². The van der Waals surface area contributed by atoms with Gasteiger partial charge in [-0.25, -0.2) is 13.2 Å². The second-order valence-corrected chi connectivity index (χ2v) is 17.2. The first kappa shape index (κ1) is 35.3. The van der Waals surface area contributed by atoms with E-state index in [-0.39, 0.29) is 24.6 Å². The smallest absolute Gasteiger partial charge is 0.408 e. The van der Waals surface area contributed by atoms with Crippen molar-refractivity contribution in [1.82, 2.24) is 20.3 Å². The first-order valence-electron chi connectivity index (χ1n) is 15.2. The van der Waals surface area contributed by atoms with E-state index in [2.05, 4.69) is 17.2 Å². The van der Waals surface area contributed by atoms with Gasteiger partial charge in [0.15, 0.2) is 0 Å². The number of benzene rings is 2. The molecule has 2 aromatic carbocycles. The fourth-order valence-corrected chi connectivity index (χ4v) is 7.55. The van der Waals surface area contributed by atoms with Crippen LogP contribution < -0.4 is 15.4 Å². The summed E-state index contributed by atoms with van der Waals surface area (Å²) < 4.78 is 31.2. The Bertz CT molecular complexity index is 1640. The molecular formula is C33H44N4O7S2. The van der Waals surface area contributed by atoms with Gasteiger partial charge in [0.05, 0.1) is 6.26 Å². The summed E-state index contributed by atoms with van der Waals surface area (Å²) in [6.07, 6.45) is 2.04. The Labute approximate surface area is 275 Å². The van der Waals surface area contributed by atoms with E-state index in [1.165, 1.54) is 11.0 Å².